The Labute approximate surface area is 99.6 Å². The summed E-state index contributed by atoms with van der Waals surface area (Å²) >= 11 is 0. The van der Waals surface area contributed by atoms with Crippen LogP contribution in [0.25, 0.3) is 0 Å². The minimum absolute atomic E-state index is 0.182. The largest absolute Gasteiger partial charge is 0.364 e. The lowest BCUT2D eigenvalue weighted by Gasteiger charge is -2.09. The number of hydrogen-bond donors (Lipinski definition) is 3. The van der Waals surface area contributed by atoms with Gasteiger partial charge in [0.2, 0.25) is 0 Å². The number of aromatic amines is 1. The van der Waals surface area contributed by atoms with Gasteiger partial charge in [-0.2, -0.15) is 0 Å². The van der Waals surface area contributed by atoms with Gasteiger partial charge in [-0.1, -0.05) is 0 Å². The number of hydrogen-bond acceptors (Lipinski definition) is 3. The maximum Gasteiger partial charge on any atom is 0.256 e. The van der Waals surface area contributed by atoms with E-state index in [0.29, 0.717) is 12.5 Å². The molecule has 0 bridgehead atoms. The molecule has 1 aliphatic rings. The monoisotopic (exact) mass is 235 g/mol. The molecule has 2 rings (SSSR count). The average Bonchev–Trinajstić information content (AvgIpc) is 2.78. The Balaban J connectivity index is 1.97. The number of rotatable bonds is 3. The lowest BCUT2D eigenvalue weighted by Crippen LogP contribution is -2.33. The standard InChI is InChI=1S/C12H17N3O2/c1-8-4-11(16)10(7-14-8)12(17)15-6-9-2-3-13-5-9/h4,7,9,13H,2-3,5-6H2,1H3,(H,14,16)(H,15,17). The SMILES string of the molecule is Cc1cc(=O)c(C(=O)NCC2CCNC2)c[nH]1. The third kappa shape index (κ3) is 2.94. The van der Waals surface area contributed by atoms with E-state index in [-0.39, 0.29) is 16.9 Å². The van der Waals surface area contributed by atoms with Gasteiger partial charge < -0.3 is 15.6 Å². The van der Waals surface area contributed by atoms with Crippen LogP contribution in [0.2, 0.25) is 0 Å². The highest BCUT2D eigenvalue weighted by Crippen LogP contribution is 2.05. The topological polar surface area (TPSA) is 74.0 Å². The van der Waals surface area contributed by atoms with Crippen LogP contribution in [0.1, 0.15) is 22.5 Å². The second kappa shape index (κ2) is 5.14. The number of pyridine rings is 1. The molecule has 5 heteroatoms. The van der Waals surface area contributed by atoms with E-state index in [9.17, 15) is 9.59 Å². The van der Waals surface area contributed by atoms with Gasteiger partial charge >= 0.3 is 0 Å². The van der Waals surface area contributed by atoms with Crippen molar-refractivity contribution < 1.29 is 4.79 Å². The van der Waals surface area contributed by atoms with Gasteiger partial charge in [-0.3, -0.25) is 9.59 Å². The lowest BCUT2D eigenvalue weighted by atomic mass is 10.1. The highest BCUT2D eigenvalue weighted by molar-refractivity contribution is 5.93. The van der Waals surface area contributed by atoms with Crippen LogP contribution in [-0.2, 0) is 0 Å². The number of H-pyrrole nitrogens is 1. The number of aromatic nitrogens is 1. The zero-order valence-corrected chi connectivity index (χ0v) is 9.88. The molecule has 0 saturated carbocycles. The molecule has 17 heavy (non-hydrogen) atoms. The van der Waals surface area contributed by atoms with Crippen LogP contribution >= 0.6 is 0 Å². The molecule has 1 saturated heterocycles. The first-order chi connectivity index (χ1) is 8.16. The lowest BCUT2D eigenvalue weighted by molar-refractivity contribution is 0.0947. The van der Waals surface area contributed by atoms with Crippen LogP contribution in [0, 0.1) is 12.8 Å². The summed E-state index contributed by atoms with van der Waals surface area (Å²) in [4.78, 5) is 26.2. The van der Waals surface area contributed by atoms with Gasteiger partial charge in [0, 0.05) is 24.5 Å². The summed E-state index contributed by atoms with van der Waals surface area (Å²) < 4.78 is 0. The molecule has 1 amide bonds. The first-order valence-electron chi connectivity index (χ1n) is 5.85. The van der Waals surface area contributed by atoms with Crippen molar-refractivity contribution in [1.82, 2.24) is 15.6 Å². The molecule has 1 fully saturated rings. The maximum atomic E-state index is 11.8. The molecule has 0 aromatic carbocycles. The van der Waals surface area contributed by atoms with E-state index in [4.69, 9.17) is 0 Å². The quantitative estimate of drug-likeness (QED) is 0.691. The van der Waals surface area contributed by atoms with Crippen molar-refractivity contribution in [2.24, 2.45) is 5.92 Å². The van der Waals surface area contributed by atoms with Crippen molar-refractivity contribution in [1.29, 1.82) is 0 Å². The summed E-state index contributed by atoms with van der Waals surface area (Å²) in [6.07, 6.45) is 2.55. The van der Waals surface area contributed by atoms with Crippen molar-refractivity contribution in [3.63, 3.8) is 0 Å². The first-order valence-corrected chi connectivity index (χ1v) is 5.85. The molecule has 1 unspecified atom stereocenters. The average molecular weight is 235 g/mol. The normalized spacial score (nSPS) is 19.2. The Morgan fingerprint density at radius 1 is 1.59 bits per heavy atom. The minimum Gasteiger partial charge on any atom is -0.364 e. The fraction of sp³-hybridized carbons (Fsp3) is 0.500. The molecule has 0 aliphatic carbocycles. The van der Waals surface area contributed by atoms with Gasteiger partial charge in [0.15, 0.2) is 5.43 Å². The van der Waals surface area contributed by atoms with E-state index in [1.165, 1.54) is 12.3 Å². The van der Waals surface area contributed by atoms with Crippen LogP contribution in [-0.4, -0.2) is 30.5 Å². The number of carbonyl (C=O) groups excluding carboxylic acids is 1. The summed E-state index contributed by atoms with van der Waals surface area (Å²) in [7, 11) is 0. The molecule has 1 aromatic rings. The molecular weight excluding hydrogens is 218 g/mol. The van der Waals surface area contributed by atoms with E-state index < -0.39 is 0 Å². The van der Waals surface area contributed by atoms with E-state index >= 15 is 0 Å². The van der Waals surface area contributed by atoms with E-state index in [0.717, 1.165) is 25.2 Å². The molecule has 1 aromatic heterocycles. The van der Waals surface area contributed by atoms with Crippen molar-refractivity contribution in [2.45, 2.75) is 13.3 Å². The Bertz CT molecular complexity index is 461. The van der Waals surface area contributed by atoms with Crippen LogP contribution < -0.4 is 16.1 Å². The molecule has 0 spiro atoms. The van der Waals surface area contributed by atoms with Crippen molar-refractivity contribution in [3.8, 4) is 0 Å². The highest BCUT2D eigenvalue weighted by Gasteiger charge is 2.16. The van der Waals surface area contributed by atoms with Crippen LogP contribution in [0.3, 0.4) is 0 Å². The fourth-order valence-corrected chi connectivity index (χ4v) is 1.97. The Kier molecular flexibility index (Phi) is 3.58. The molecule has 92 valence electrons. The number of nitrogens with one attached hydrogen (secondary N) is 3. The predicted molar refractivity (Wildman–Crippen MR) is 65.1 cm³/mol. The molecule has 5 nitrogen and oxygen atoms in total. The molecule has 2 heterocycles. The summed E-state index contributed by atoms with van der Waals surface area (Å²) in [6, 6.07) is 1.44. The van der Waals surface area contributed by atoms with Gasteiger partial charge in [-0.25, -0.2) is 0 Å². The highest BCUT2D eigenvalue weighted by atomic mass is 16.2. The third-order valence-corrected chi connectivity index (χ3v) is 3.02. The van der Waals surface area contributed by atoms with Crippen molar-refractivity contribution in [2.75, 3.05) is 19.6 Å². The fourth-order valence-electron chi connectivity index (χ4n) is 1.97. The van der Waals surface area contributed by atoms with Gasteiger partial charge in [-0.05, 0) is 32.4 Å². The van der Waals surface area contributed by atoms with E-state index in [1.807, 2.05) is 0 Å². The first kappa shape index (κ1) is 11.9. The molecule has 1 atom stereocenters. The number of aryl methyl sites for hydroxylation is 1. The smallest absolute Gasteiger partial charge is 0.256 e. The van der Waals surface area contributed by atoms with Crippen LogP contribution in [0.5, 0.6) is 0 Å². The van der Waals surface area contributed by atoms with E-state index in [1.54, 1.807) is 6.92 Å². The molecular formula is C12H17N3O2. The maximum absolute atomic E-state index is 11.8. The number of carbonyl (C=O) groups is 1. The predicted octanol–water partition coefficient (Wildman–Crippen LogP) is 0.0226. The van der Waals surface area contributed by atoms with E-state index in [2.05, 4.69) is 15.6 Å². The van der Waals surface area contributed by atoms with Gasteiger partial charge in [0.1, 0.15) is 5.56 Å². The summed E-state index contributed by atoms with van der Waals surface area (Å²) in [6.45, 7) is 4.35. The van der Waals surface area contributed by atoms with Crippen molar-refractivity contribution >= 4 is 5.91 Å². The second-order valence-corrected chi connectivity index (χ2v) is 4.46. The Morgan fingerprint density at radius 2 is 2.41 bits per heavy atom. The summed E-state index contributed by atoms with van der Waals surface area (Å²) in [5, 5.41) is 6.04. The third-order valence-electron chi connectivity index (χ3n) is 3.02. The Morgan fingerprint density at radius 3 is 3.06 bits per heavy atom. The summed E-state index contributed by atoms with van der Waals surface area (Å²) in [5.74, 6) is 0.182. The van der Waals surface area contributed by atoms with Crippen LogP contribution in [0.15, 0.2) is 17.1 Å². The van der Waals surface area contributed by atoms with Gasteiger partial charge in [0.05, 0.1) is 0 Å². The van der Waals surface area contributed by atoms with Gasteiger partial charge in [0.25, 0.3) is 5.91 Å². The Hall–Kier alpha value is -1.62. The molecule has 1 aliphatic heterocycles. The minimum atomic E-state index is -0.293. The molecule has 3 N–H and O–H groups in total. The van der Waals surface area contributed by atoms with Gasteiger partial charge in [-0.15, -0.1) is 0 Å². The number of amides is 1. The zero-order valence-electron chi connectivity index (χ0n) is 9.88. The molecule has 0 radical (unpaired) electrons. The van der Waals surface area contributed by atoms with Crippen molar-refractivity contribution in [3.05, 3.63) is 33.7 Å². The van der Waals surface area contributed by atoms with Crippen LogP contribution in [0.4, 0.5) is 0 Å². The second-order valence-electron chi connectivity index (χ2n) is 4.46. The summed E-state index contributed by atoms with van der Waals surface area (Å²) in [5.41, 5.74) is 0.705. The zero-order chi connectivity index (χ0) is 12.3.